The Hall–Kier alpha value is -1.56. The predicted molar refractivity (Wildman–Crippen MR) is 89.4 cm³/mol. The van der Waals surface area contributed by atoms with E-state index in [1.54, 1.807) is 6.92 Å². The Balaban J connectivity index is 2.97. The van der Waals surface area contributed by atoms with Crippen LogP contribution in [0.15, 0.2) is 42.4 Å². The summed E-state index contributed by atoms with van der Waals surface area (Å²) in [5, 5.41) is 0. The molecule has 0 aliphatic rings. The molecule has 106 valence electrons. The Morgan fingerprint density at radius 3 is 2.40 bits per heavy atom. The number of hydrogen-bond acceptors (Lipinski definition) is 0. The predicted octanol–water partition coefficient (Wildman–Crippen LogP) is 6.08. The van der Waals surface area contributed by atoms with Gasteiger partial charge in [0.25, 0.3) is 0 Å². The van der Waals surface area contributed by atoms with E-state index in [-0.39, 0.29) is 29.6 Å². The van der Waals surface area contributed by atoms with E-state index in [0.717, 1.165) is 11.1 Å². The number of benzene rings is 2. The van der Waals surface area contributed by atoms with E-state index in [9.17, 15) is 0 Å². The second-order valence-corrected chi connectivity index (χ2v) is 6.67. The van der Waals surface area contributed by atoms with Crippen LogP contribution in [0.2, 0.25) is 0 Å². The Kier molecular flexibility index (Phi) is 2.78. The molecule has 2 aromatic rings. The van der Waals surface area contributed by atoms with E-state index in [1.165, 1.54) is 5.56 Å². The Morgan fingerprint density at radius 1 is 1.10 bits per heavy atom. The van der Waals surface area contributed by atoms with Crippen LogP contribution in [0.1, 0.15) is 62.7 Å². The van der Waals surface area contributed by atoms with Crippen molar-refractivity contribution in [2.24, 2.45) is 0 Å². The molecule has 0 aliphatic carbocycles. The number of rotatable bonds is 2. The van der Waals surface area contributed by atoms with Crippen molar-refractivity contribution < 1.29 is 5.48 Å². The Labute approximate surface area is 129 Å². The molecule has 20 heavy (non-hydrogen) atoms. The van der Waals surface area contributed by atoms with Crippen molar-refractivity contribution in [2.75, 3.05) is 0 Å². The molecule has 0 saturated carbocycles. The summed E-state index contributed by atoms with van der Waals surface area (Å²) >= 11 is 0. The van der Waals surface area contributed by atoms with Crippen molar-refractivity contribution in [3.05, 3.63) is 59.1 Å². The van der Waals surface area contributed by atoms with Crippen molar-refractivity contribution in [3.63, 3.8) is 0 Å². The van der Waals surface area contributed by atoms with Crippen molar-refractivity contribution in [2.45, 2.75) is 52.9 Å². The van der Waals surface area contributed by atoms with Crippen LogP contribution in [-0.2, 0) is 5.41 Å². The number of hydrogen-bond donors (Lipinski definition) is 0. The van der Waals surface area contributed by atoms with Crippen molar-refractivity contribution >= 4 is 0 Å². The van der Waals surface area contributed by atoms with Gasteiger partial charge in [0.1, 0.15) is 0 Å². The van der Waals surface area contributed by atoms with Gasteiger partial charge in [0.2, 0.25) is 0 Å². The molecule has 0 N–H and O–H groups in total. The maximum absolute atomic E-state index is 8.47. The van der Waals surface area contributed by atoms with Gasteiger partial charge in [-0.1, -0.05) is 82.6 Å². The summed E-state index contributed by atoms with van der Waals surface area (Å²) in [6.45, 7) is 12.4. The normalized spacial score (nSPS) is 14.8. The molecule has 0 aromatic heterocycles. The average Bonchev–Trinajstić information content (AvgIpc) is 2.50. The second kappa shape index (κ2) is 5.44. The first-order valence-corrected chi connectivity index (χ1v) is 7.19. The first kappa shape index (κ1) is 10.2. The fourth-order valence-electron chi connectivity index (χ4n) is 2.67. The third kappa shape index (κ3) is 2.95. The SMILES string of the molecule is [2H]c1c([2H])c(C)c([2H])c(-c2cccc(C(C)C)c2C(C)(C)C)c1[2H]. The van der Waals surface area contributed by atoms with Gasteiger partial charge in [-0.15, -0.1) is 0 Å². The molecule has 0 radical (unpaired) electrons. The van der Waals surface area contributed by atoms with E-state index in [2.05, 4.69) is 40.7 Å². The lowest BCUT2D eigenvalue weighted by Gasteiger charge is -2.28. The molecule has 0 unspecified atom stereocenters. The molecule has 0 aliphatic heterocycles. The Morgan fingerprint density at radius 2 is 1.80 bits per heavy atom. The molecule has 2 aromatic carbocycles. The van der Waals surface area contributed by atoms with Gasteiger partial charge in [0, 0.05) is 0 Å². The maximum Gasteiger partial charge on any atom is 0.0632 e. The maximum atomic E-state index is 8.47. The second-order valence-electron chi connectivity index (χ2n) is 6.67. The lowest BCUT2D eigenvalue weighted by atomic mass is 9.76. The third-order valence-corrected chi connectivity index (χ3v) is 3.49. The van der Waals surface area contributed by atoms with Gasteiger partial charge in [-0.05, 0) is 40.5 Å². The summed E-state index contributed by atoms with van der Waals surface area (Å²) in [7, 11) is 0. The van der Waals surface area contributed by atoms with Gasteiger partial charge in [0.05, 0.1) is 5.48 Å². The lowest BCUT2D eigenvalue weighted by Crippen LogP contribution is -2.16. The first-order valence-electron chi connectivity index (χ1n) is 9.19. The summed E-state index contributed by atoms with van der Waals surface area (Å²) in [6.07, 6.45) is 0. The van der Waals surface area contributed by atoms with Gasteiger partial charge < -0.3 is 0 Å². The molecule has 0 heteroatoms. The highest BCUT2D eigenvalue weighted by molar-refractivity contribution is 5.71. The monoisotopic (exact) mass is 270 g/mol. The van der Waals surface area contributed by atoms with Crippen LogP contribution in [0.25, 0.3) is 11.1 Å². The average molecular weight is 270 g/mol. The van der Waals surface area contributed by atoms with Crippen LogP contribution in [0.5, 0.6) is 0 Å². The zero-order valence-corrected chi connectivity index (χ0v) is 13.3. The van der Waals surface area contributed by atoms with Crippen molar-refractivity contribution in [1.29, 1.82) is 0 Å². The molecule has 2 rings (SSSR count). The quantitative estimate of drug-likeness (QED) is 0.620. The molecule has 0 bridgehead atoms. The lowest BCUT2D eigenvalue weighted by molar-refractivity contribution is 0.579. The smallest absolute Gasteiger partial charge is 0.0614 e. The molecule has 0 atom stereocenters. The first-order chi connectivity index (χ1) is 11.0. The molecular formula is C20H26. The molecule has 0 heterocycles. The fraction of sp³-hybridized carbons (Fsp3) is 0.400. The molecular weight excluding hydrogens is 240 g/mol. The van der Waals surface area contributed by atoms with Crippen LogP contribution >= 0.6 is 0 Å². The van der Waals surface area contributed by atoms with E-state index < -0.39 is 0 Å². The molecule has 0 nitrogen and oxygen atoms in total. The summed E-state index contributed by atoms with van der Waals surface area (Å²) in [4.78, 5) is 0. The zero-order chi connectivity index (χ0) is 18.4. The summed E-state index contributed by atoms with van der Waals surface area (Å²) in [6, 6.07) is 6.05. The summed E-state index contributed by atoms with van der Waals surface area (Å²) < 4.78 is 32.9. The van der Waals surface area contributed by atoms with E-state index in [1.807, 2.05) is 12.1 Å². The summed E-state index contributed by atoms with van der Waals surface area (Å²) in [5.74, 6) is 0.328. The van der Waals surface area contributed by atoms with Crippen LogP contribution in [0.4, 0.5) is 0 Å². The minimum Gasteiger partial charge on any atom is -0.0614 e. The zero-order valence-electron chi connectivity index (χ0n) is 17.3. The summed E-state index contributed by atoms with van der Waals surface area (Å²) in [5.41, 5.74) is 3.96. The Bertz CT molecular complexity index is 754. The van der Waals surface area contributed by atoms with Gasteiger partial charge >= 0.3 is 0 Å². The highest BCUT2D eigenvalue weighted by atomic mass is 14.3. The van der Waals surface area contributed by atoms with E-state index >= 15 is 0 Å². The topological polar surface area (TPSA) is 0 Å². The highest BCUT2D eigenvalue weighted by Gasteiger charge is 2.23. The van der Waals surface area contributed by atoms with Crippen molar-refractivity contribution in [1.82, 2.24) is 0 Å². The van der Waals surface area contributed by atoms with Crippen LogP contribution < -0.4 is 0 Å². The molecule has 0 amide bonds. The molecule has 0 fully saturated rings. The van der Waals surface area contributed by atoms with Gasteiger partial charge in [0.15, 0.2) is 0 Å². The standard InChI is InChI=1S/C20H26/c1-14(2)17-11-8-12-18(19(17)20(4,5)6)16-10-7-9-15(3)13-16/h7-14H,1-6H3/i7D,9D,10D,13D. The highest BCUT2D eigenvalue weighted by Crippen LogP contribution is 2.38. The minimum atomic E-state index is -0.148. The molecule has 0 saturated heterocycles. The van der Waals surface area contributed by atoms with Crippen LogP contribution in [0.3, 0.4) is 0 Å². The van der Waals surface area contributed by atoms with Crippen LogP contribution in [0, 0.1) is 6.92 Å². The van der Waals surface area contributed by atoms with Gasteiger partial charge in [-0.25, -0.2) is 0 Å². The van der Waals surface area contributed by atoms with Crippen LogP contribution in [-0.4, -0.2) is 0 Å². The van der Waals surface area contributed by atoms with Crippen molar-refractivity contribution in [3.8, 4) is 11.1 Å². The fourth-order valence-corrected chi connectivity index (χ4v) is 2.67. The molecule has 0 spiro atoms. The van der Waals surface area contributed by atoms with Gasteiger partial charge in [-0.2, -0.15) is 0 Å². The van der Waals surface area contributed by atoms with E-state index in [0.29, 0.717) is 17.0 Å². The van der Waals surface area contributed by atoms with Gasteiger partial charge in [-0.3, -0.25) is 0 Å². The largest absolute Gasteiger partial charge is 0.0632 e. The van der Waals surface area contributed by atoms with E-state index in [4.69, 9.17) is 5.48 Å². The minimum absolute atomic E-state index is 0.0222. The third-order valence-electron chi connectivity index (χ3n) is 3.49.